The van der Waals surface area contributed by atoms with Crippen LogP contribution in [0.1, 0.15) is 35.7 Å². The van der Waals surface area contributed by atoms with Gasteiger partial charge in [-0.2, -0.15) is 0 Å². The van der Waals surface area contributed by atoms with Crippen LogP contribution in [0, 0.1) is 5.92 Å². The Hall–Kier alpha value is -1.74. The van der Waals surface area contributed by atoms with Gasteiger partial charge in [0.2, 0.25) is 0 Å². The summed E-state index contributed by atoms with van der Waals surface area (Å²) < 4.78 is 11.2. The maximum Gasteiger partial charge on any atom is 0.185 e. The van der Waals surface area contributed by atoms with Crippen LogP contribution in [0.4, 0.5) is 0 Å². The quantitative estimate of drug-likeness (QED) is 0.742. The van der Waals surface area contributed by atoms with Crippen LogP contribution in [0.5, 0.6) is 5.75 Å². The second-order valence-corrected chi connectivity index (χ2v) is 5.49. The van der Waals surface area contributed by atoms with E-state index in [2.05, 4.69) is 13.8 Å². The first kappa shape index (κ1) is 14.7. The van der Waals surface area contributed by atoms with Crippen LogP contribution >= 0.6 is 11.6 Å². The van der Waals surface area contributed by atoms with Gasteiger partial charge in [0.15, 0.2) is 12.0 Å². The molecule has 1 aromatic heterocycles. The fraction of sp³-hybridized carbons (Fsp3) is 0.312. The molecule has 0 radical (unpaired) electrons. The number of aldehydes is 1. The van der Waals surface area contributed by atoms with Gasteiger partial charge in [-0.3, -0.25) is 4.79 Å². The smallest absolute Gasteiger partial charge is 0.185 e. The number of rotatable bonds is 6. The van der Waals surface area contributed by atoms with Gasteiger partial charge in [-0.25, -0.2) is 0 Å². The first-order chi connectivity index (χ1) is 9.58. The second-order valence-electron chi connectivity index (χ2n) is 5.06. The van der Waals surface area contributed by atoms with Crippen molar-refractivity contribution in [2.75, 3.05) is 6.61 Å². The summed E-state index contributed by atoms with van der Waals surface area (Å²) >= 11 is 6.04. The molecule has 1 aromatic carbocycles. The Morgan fingerprint density at radius 2 is 2.10 bits per heavy atom. The lowest BCUT2D eigenvalue weighted by Crippen LogP contribution is -2.06. The van der Waals surface area contributed by atoms with Crippen molar-refractivity contribution < 1.29 is 13.9 Å². The van der Waals surface area contributed by atoms with Crippen molar-refractivity contribution in [3.63, 3.8) is 0 Å². The lowest BCUT2D eigenvalue weighted by atomic mass is 10.1. The number of halogens is 1. The molecule has 2 aromatic rings. The summed E-state index contributed by atoms with van der Waals surface area (Å²) in [7, 11) is 0. The number of benzene rings is 1. The number of hydrogen-bond donors (Lipinski definition) is 0. The van der Waals surface area contributed by atoms with Crippen LogP contribution < -0.4 is 4.74 Å². The average Bonchev–Trinajstić information content (AvgIpc) is 2.85. The molecule has 2 rings (SSSR count). The van der Waals surface area contributed by atoms with Gasteiger partial charge in [-0.1, -0.05) is 25.4 Å². The number of carbonyl (C=O) groups excluding carboxylic acids is 1. The van der Waals surface area contributed by atoms with Crippen molar-refractivity contribution in [3.8, 4) is 5.75 Å². The summed E-state index contributed by atoms with van der Waals surface area (Å²) in [5.41, 5.74) is 0.949. The normalized spacial score (nSPS) is 10.8. The van der Waals surface area contributed by atoms with Crippen molar-refractivity contribution >= 4 is 17.9 Å². The summed E-state index contributed by atoms with van der Waals surface area (Å²) in [6.45, 7) is 4.84. The van der Waals surface area contributed by atoms with Gasteiger partial charge in [0.05, 0.1) is 6.61 Å². The summed E-state index contributed by atoms with van der Waals surface area (Å²) in [6, 6.07) is 8.97. The Kier molecular flexibility index (Phi) is 4.85. The molecule has 0 aliphatic heterocycles. The zero-order chi connectivity index (χ0) is 14.5. The summed E-state index contributed by atoms with van der Waals surface area (Å²) in [5, 5.41) is 0.652. The monoisotopic (exact) mass is 292 g/mol. The maximum atomic E-state index is 10.6. The SMILES string of the molecule is CC(C)COc1ccc(Cl)cc1Cc1ccc(C=O)o1. The van der Waals surface area contributed by atoms with Gasteiger partial charge in [0, 0.05) is 17.0 Å². The lowest BCUT2D eigenvalue weighted by Gasteiger charge is -2.13. The van der Waals surface area contributed by atoms with Crippen molar-refractivity contribution in [1.82, 2.24) is 0 Å². The van der Waals surface area contributed by atoms with E-state index < -0.39 is 0 Å². The van der Waals surface area contributed by atoms with Crippen molar-refractivity contribution in [3.05, 3.63) is 52.4 Å². The van der Waals surface area contributed by atoms with E-state index in [4.69, 9.17) is 20.8 Å². The highest BCUT2D eigenvalue weighted by Crippen LogP contribution is 2.26. The number of carbonyl (C=O) groups is 1. The van der Waals surface area contributed by atoms with E-state index in [1.807, 2.05) is 12.1 Å². The molecule has 0 saturated carbocycles. The average molecular weight is 293 g/mol. The molecule has 3 nitrogen and oxygen atoms in total. The molecule has 0 spiro atoms. The van der Waals surface area contributed by atoms with E-state index in [1.165, 1.54) is 0 Å². The maximum absolute atomic E-state index is 10.6. The molecule has 4 heteroatoms. The van der Waals surface area contributed by atoms with Crippen molar-refractivity contribution in [2.24, 2.45) is 5.92 Å². The molecule has 0 fully saturated rings. The Morgan fingerprint density at radius 3 is 2.75 bits per heavy atom. The number of ether oxygens (including phenoxy) is 1. The molecule has 0 saturated heterocycles. The van der Waals surface area contributed by atoms with Crippen molar-refractivity contribution in [2.45, 2.75) is 20.3 Å². The highest BCUT2D eigenvalue weighted by molar-refractivity contribution is 6.30. The summed E-state index contributed by atoms with van der Waals surface area (Å²) in [5.74, 6) is 2.28. The first-order valence-electron chi connectivity index (χ1n) is 6.53. The minimum Gasteiger partial charge on any atom is -0.493 e. The molecular weight excluding hydrogens is 276 g/mol. The topological polar surface area (TPSA) is 39.4 Å². The van der Waals surface area contributed by atoms with Crippen LogP contribution in [0.15, 0.2) is 34.7 Å². The molecule has 106 valence electrons. The first-order valence-corrected chi connectivity index (χ1v) is 6.91. The zero-order valence-corrected chi connectivity index (χ0v) is 12.3. The third-order valence-corrected chi connectivity index (χ3v) is 2.99. The van der Waals surface area contributed by atoms with Gasteiger partial charge >= 0.3 is 0 Å². The van der Waals surface area contributed by atoms with Gasteiger partial charge in [-0.05, 0) is 36.2 Å². The minimum absolute atomic E-state index is 0.326. The predicted octanol–water partition coefficient (Wildman–Crippen LogP) is 4.37. The molecule has 0 aliphatic carbocycles. The molecule has 20 heavy (non-hydrogen) atoms. The molecular formula is C16H17ClO3. The zero-order valence-electron chi connectivity index (χ0n) is 11.6. The molecule has 0 bridgehead atoms. The van der Waals surface area contributed by atoms with Crippen molar-refractivity contribution in [1.29, 1.82) is 0 Å². The van der Waals surface area contributed by atoms with Crippen LogP contribution in [-0.4, -0.2) is 12.9 Å². The highest BCUT2D eigenvalue weighted by atomic mass is 35.5. The van der Waals surface area contributed by atoms with E-state index in [9.17, 15) is 4.79 Å². The van der Waals surface area contributed by atoms with E-state index in [-0.39, 0.29) is 0 Å². The Balaban J connectivity index is 2.19. The Morgan fingerprint density at radius 1 is 1.30 bits per heavy atom. The van der Waals surface area contributed by atoms with Crippen LogP contribution in [-0.2, 0) is 6.42 Å². The highest BCUT2D eigenvalue weighted by Gasteiger charge is 2.10. The summed E-state index contributed by atoms with van der Waals surface area (Å²) in [6.07, 6.45) is 1.24. The molecule has 0 atom stereocenters. The number of hydrogen-bond acceptors (Lipinski definition) is 3. The summed E-state index contributed by atoms with van der Waals surface area (Å²) in [4.78, 5) is 10.6. The largest absolute Gasteiger partial charge is 0.493 e. The lowest BCUT2D eigenvalue weighted by molar-refractivity contribution is 0.109. The molecule has 0 aliphatic rings. The number of furan rings is 1. The standard InChI is InChI=1S/C16H17ClO3/c1-11(2)10-19-16-6-3-13(17)7-12(16)8-14-4-5-15(9-18)20-14/h3-7,9,11H,8,10H2,1-2H3. The van der Waals surface area contributed by atoms with Crippen LogP contribution in [0.3, 0.4) is 0 Å². The van der Waals surface area contributed by atoms with E-state index in [0.29, 0.717) is 41.8 Å². The van der Waals surface area contributed by atoms with E-state index in [1.54, 1.807) is 18.2 Å². The van der Waals surface area contributed by atoms with E-state index in [0.717, 1.165) is 11.3 Å². The fourth-order valence-corrected chi connectivity index (χ4v) is 2.02. The third-order valence-electron chi connectivity index (χ3n) is 2.76. The van der Waals surface area contributed by atoms with E-state index >= 15 is 0 Å². The fourth-order valence-electron chi connectivity index (χ4n) is 1.82. The molecule has 0 N–H and O–H groups in total. The van der Waals surface area contributed by atoms with Gasteiger partial charge in [0.25, 0.3) is 0 Å². The van der Waals surface area contributed by atoms with Crippen LogP contribution in [0.2, 0.25) is 5.02 Å². The Bertz CT molecular complexity index is 587. The van der Waals surface area contributed by atoms with Crippen LogP contribution in [0.25, 0.3) is 0 Å². The molecule has 1 heterocycles. The third kappa shape index (κ3) is 3.87. The van der Waals surface area contributed by atoms with Gasteiger partial charge < -0.3 is 9.15 Å². The van der Waals surface area contributed by atoms with Gasteiger partial charge in [-0.15, -0.1) is 0 Å². The molecule has 0 unspecified atom stereocenters. The minimum atomic E-state index is 0.326. The van der Waals surface area contributed by atoms with Gasteiger partial charge in [0.1, 0.15) is 11.5 Å². The Labute approximate surface area is 123 Å². The molecule has 0 amide bonds. The second kappa shape index (κ2) is 6.62. The predicted molar refractivity (Wildman–Crippen MR) is 78.7 cm³/mol.